The fourth-order valence-electron chi connectivity index (χ4n) is 4.31. The number of hydrogen-bond donors (Lipinski definition) is 2. The summed E-state index contributed by atoms with van der Waals surface area (Å²) in [6, 6.07) is 3.19. The van der Waals surface area contributed by atoms with Gasteiger partial charge in [-0.25, -0.2) is 9.37 Å². The lowest BCUT2D eigenvalue weighted by Gasteiger charge is -2.31. The molecule has 0 aromatic carbocycles. The zero-order valence-corrected chi connectivity index (χ0v) is 17.0. The van der Waals surface area contributed by atoms with Crippen molar-refractivity contribution >= 4 is 17.7 Å². The molecule has 1 saturated heterocycles. The molecular formula is C20H31FN6O. The smallest absolute Gasteiger partial charge is 0.230 e. The molecule has 1 unspecified atom stereocenters. The lowest BCUT2D eigenvalue weighted by atomic mass is 9.84. The fourth-order valence-corrected chi connectivity index (χ4v) is 4.31. The maximum Gasteiger partial charge on any atom is 0.230 e. The van der Waals surface area contributed by atoms with Crippen LogP contribution in [-0.4, -0.2) is 68.6 Å². The topological polar surface area (TPSA) is 72.9 Å². The summed E-state index contributed by atoms with van der Waals surface area (Å²) in [5.74, 6) is 0.976. The second-order valence-electron chi connectivity index (χ2n) is 8.00. The Morgan fingerprint density at radius 2 is 2.18 bits per heavy atom. The van der Waals surface area contributed by atoms with Crippen molar-refractivity contribution in [2.45, 2.75) is 38.1 Å². The molecule has 8 heteroatoms. The average molecular weight is 391 g/mol. The number of pyridine rings is 1. The Bertz CT molecular complexity index is 716. The lowest BCUT2D eigenvalue weighted by Crippen LogP contribution is -2.51. The van der Waals surface area contributed by atoms with Gasteiger partial charge in [0.1, 0.15) is 0 Å². The molecule has 0 bridgehead atoms. The van der Waals surface area contributed by atoms with Gasteiger partial charge in [-0.15, -0.1) is 0 Å². The third-order valence-corrected chi connectivity index (χ3v) is 5.81. The highest BCUT2D eigenvalue weighted by molar-refractivity contribution is 5.85. The number of aliphatic imine (C=N–C) groups is 1. The van der Waals surface area contributed by atoms with E-state index in [-0.39, 0.29) is 23.2 Å². The van der Waals surface area contributed by atoms with Crippen molar-refractivity contribution in [3.63, 3.8) is 0 Å². The van der Waals surface area contributed by atoms with E-state index in [2.05, 4.69) is 20.6 Å². The summed E-state index contributed by atoms with van der Waals surface area (Å²) < 4.78 is 14.0. The van der Waals surface area contributed by atoms with Gasteiger partial charge in [0.25, 0.3) is 0 Å². The number of aromatic nitrogens is 1. The van der Waals surface area contributed by atoms with Crippen LogP contribution in [0, 0.1) is 11.2 Å². The van der Waals surface area contributed by atoms with Gasteiger partial charge >= 0.3 is 0 Å². The van der Waals surface area contributed by atoms with Gasteiger partial charge in [-0.05, 0) is 31.4 Å². The summed E-state index contributed by atoms with van der Waals surface area (Å²) in [6.07, 6.45) is 6.47. The van der Waals surface area contributed by atoms with Crippen LogP contribution in [0.25, 0.3) is 0 Å². The highest BCUT2D eigenvalue weighted by Gasteiger charge is 2.42. The maximum absolute atomic E-state index is 14.0. The second-order valence-corrected chi connectivity index (χ2v) is 8.00. The van der Waals surface area contributed by atoms with Gasteiger partial charge in [-0.3, -0.25) is 9.79 Å². The molecule has 2 heterocycles. The predicted octanol–water partition coefficient (Wildman–Crippen LogP) is 1.61. The Morgan fingerprint density at radius 3 is 2.82 bits per heavy atom. The van der Waals surface area contributed by atoms with E-state index in [4.69, 9.17) is 0 Å². The van der Waals surface area contributed by atoms with E-state index in [0.29, 0.717) is 24.9 Å². The summed E-state index contributed by atoms with van der Waals surface area (Å²) in [5.41, 5.74) is -0.347. The standard InChI is InChI=1S/C20H31FN6O/c1-22-19(24-14-20(9-4-5-10-20)18(28)26(2)3)25-15-8-12-27(13-15)17-16(21)7-6-11-23-17/h6-7,11,15H,4-5,8-10,12-14H2,1-3H3,(H2,22,24,25). The van der Waals surface area contributed by atoms with Crippen LogP contribution in [0.5, 0.6) is 0 Å². The predicted molar refractivity (Wildman–Crippen MR) is 109 cm³/mol. The Hall–Kier alpha value is -2.38. The molecule has 1 saturated carbocycles. The van der Waals surface area contributed by atoms with Crippen molar-refractivity contribution < 1.29 is 9.18 Å². The molecule has 7 nitrogen and oxygen atoms in total. The number of carbonyl (C=O) groups excluding carboxylic acids is 1. The zero-order chi connectivity index (χ0) is 20.1. The summed E-state index contributed by atoms with van der Waals surface area (Å²) >= 11 is 0. The van der Waals surface area contributed by atoms with Crippen molar-refractivity contribution in [3.8, 4) is 0 Å². The highest BCUT2D eigenvalue weighted by Crippen LogP contribution is 2.38. The number of anilines is 1. The first-order chi connectivity index (χ1) is 13.4. The van der Waals surface area contributed by atoms with Crippen LogP contribution in [0.15, 0.2) is 23.3 Å². The molecule has 2 N–H and O–H groups in total. The van der Waals surface area contributed by atoms with Crippen molar-refractivity contribution in [2.75, 3.05) is 45.7 Å². The minimum absolute atomic E-state index is 0.150. The number of nitrogens with zero attached hydrogens (tertiary/aromatic N) is 4. The molecule has 1 aromatic heterocycles. The number of rotatable bonds is 5. The van der Waals surface area contributed by atoms with Gasteiger partial charge < -0.3 is 20.4 Å². The van der Waals surface area contributed by atoms with Crippen LogP contribution in [0.4, 0.5) is 10.2 Å². The lowest BCUT2D eigenvalue weighted by molar-refractivity contribution is -0.138. The molecule has 0 spiro atoms. The molecule has 1 aliphatic carbocycles. The molecule has 1 aromatic rings. The molecule has 1 atom stereocenters. The Labute approximate surface area is 166 Å². The molecule has 28 heavy (non-hydrogen) atoms. The van der Waals surface area contributed by atoms with Crippen LogP contribution in [0.2, 0.25) is 0 Å². The summed E-state index contributed by atoms with van der Waals surface area (Å²) in [5, 5.41) is 6.78. The van der Waals surface area contributed by atoms with Crippen LogP contribution in [0.1, 0.15) is 32.1 Å². The first-order valence-electron chi connectivity index (χ1n) is 9.99. The Morgan fingerprint density at radius 1 is 1.43 bits per heavy atom. The third kappa shape index (κ3) is 4.36. The van der Waals surface area contributed by atoms with Crippen molar-refractivity contribution in [1.29, 1.82) is 0 Å². The second kappa shape index (κ2) is 8.75. The van der Waals surface area contributed by atoms with Crippen LogP contribution in [-0.2, 0) is 4.79 Å². The Kier molecular flexibility index (Phi) is 6.36. The number of amides is 1. The monoisotopic (exact) mass is 390 g/mol. The normalized spacial score (nSPS) is 21.6. The zero-order valence-electron chi connectivity index (χ0n) is 17.0. The summed E-state index contributed by atoms with van der Waals surface area (Å²) in [7, 11) is 5.37. The summed E-state index contributed by atoms with van der Waals surface area (Å²) in [4.78, 5) is 24.9. The Balaban J connectivity index is 1.57. The van der Waals surface area contributed by atoms with Crippen molar-refractivity contribution in [1.82, 2.24) is 20.5 Å². The van der Waals surface area contributed by atoms with Crippen LogP contribution >= 0.6 is 0 Å². The van der Waals surface area contributed by atoms with Crippen LogP contribution < -0.4 is 15.5 Å². The van der Waals surface area contributed by atoms with Gasteiger partial charge in [-0.1, -0.05) is 12.8 Å². The van der Waals surface area contributed by atoms with Crippen molar-refractivity contribution in [3.05, 3.63) is 24.1 Å². The van der Waals surface area contributed by atoms with E-state index in [1.54, 1.807) is 24.2 Å². The SMILES string of the molecule is CN=C(NCC1(C(=O)N(C)C)CCCC1)NC1CCN(c2ncccc2F)C1. The molecule has 154 valence electrons. The highest BCUT2D eigenvalue weighted by atomic mass is 19.1. The first-order valence-corrected chi connectivity index (χ1v) is 9.99. The van der Waals surface area contributed by atoms with E-state index in [1.807, 2.05) is 19.0 Å². The number of carbonyl (C=O) groups is 1. The number of nitrogens with one attached hydrogen (secondary N) is 2. The minimum Gasteiger partial charge on any atom is -0.355 e. The molecule has 1 aliphatic heterocycles. The van der Waals surface area contributed by atoms with E-state index >= 15 is 0 Å². The van der Waals surface area contributed by atoms with Gasteiger partial charge in [0, 0.05) is 53.0 Å². The van der Waals surface area contributed by atoms with Crippen molar-refractivity contribution in [2.24, 2.45) is 10.4 Å². The molecule has 2 fully saturated rings. The average Bonchev–Trinajstić information content (AvgIpc) is 3.35. The maximum atomic E-state index is 14.0. The van der Waals surface area contributed by atoms with Gasteiger partial charge in [0.2, 0.25) is 5.91 Å². The molecule has 0 radical (unpaired) electrons. The fraction of sp³-hybridized carbons (Fsp3) is 0.650. The quantitative estimate of drug-likeness (QED) is 0.590. The third-order valence-electron chi connectivity index (χ3n) is 5.81. The van der Waals surface area contributed by atoms with Gasteiger partial charge in [0.15, 0.2) is 17.6 Å². The van der Waals surface area contributed by atoms with E-state index in [0.717, 1.165) is 38.6 Å². The molecular weight excluding hydrogens is 359 g/mol. The molecule has 2 aliphatic rings. The van der Waals surface area contributed by atoms with Crippen LogP contribution in [0.3, 0.4) is 0 Å². The van der Waals surface area contributed by atoms with Gasteiger partial charge in [0.05, 0.1) is 5.41 Å². The number of guanidine groups is 1. The van der Waals surface area contributed by atoms with Gasteiger partial charge in [-0.2, -0.15) is 0 Å². The first kappa shape index (κ1) is 20.4. The minimum atomic E-state index is -0.347. The number of hydrogen-bond acceptors (Lipinski definition) is 4. The van der Waals surface area contributed by atoms with E-state index in [9.17, 15) is 9.18 Å². The largest absolute Gasteiger partial charge is 0.355 e. The molecule has 3 rings (SSSR count). The van der Waals surface area contributed by atoms with E-state index in [1.165, 1.54) is 6.07 Å². The van der Waals surface area contributed by atoms with E-state index < -0.39 is 0 Å². The molecule has 1 amide bonds. The number of halogens is 1. The summed E-state index contributed by atoms with van der Waals surface area (Å²) in [6.45, 7) is 1.98.